The molecule has 1 aromatic carbocycles. The summed E-state index contributed by atoms with van der Waals surface area (Å²) in [6, 6.07) is 5.86. The molecule has 1 aliphatic rings. The van der Waals surface area contributed by atoms with Gasteiger partial charge in [-0.1, -0.05) is 58.9 Å². The number of rotatable bonds is 12. The van der Waals surface area contributed by atoms with Crippen molar-refractivity contribution in [1.82, 2.24) is 24.1 Å². The van der Waals surface area contributed by atoms with Gasteiger partial charge in [0.15, 0.2) is 22.4 Å². The molecular weight excluding hydrogens is 690 g/mol. The van der Waals surface area contributed by atoms with Gasteiger partial charge in [-0.3, -0.25) is 14.2 Å². The minimum atomic E-state index is -2.24. The van der Waals surface area contributed by atoms with E-state index >= 15 is 0 Å². The maximum atomic E-state index is 13.8. The summed E-state index contributed by atoms with van der Waals surface area (Å²) in [7, 11) is -4.37. The Bertz CT molecular complexity index is 1900. The van der Waals surface area contributed by atoms with Crippen molar-refractivity contribution in [3.05, 3.63) is 92.3 Å². The standard InChI is InChI=1S/C36H52FN5O7Si2/c1-24-20-42(32-19-30(49-51(10,11)36(5,6)7)31(48-32)23-47-50(8,9)35(2,3)4)34(46)41(33(24)45)17-16-27(43)18-29(44)28-22-40(39-38-28)21-25-12-14-26(37)15-13-25/h12-18,20,22,30-32,44H,19,21,23H2,1-11H3/b17-16+,29-18-/t30-,31+,32+/m0/s1. The lowest BCUT2D eigenvalue weighted by Gasteiger charge is -2.40. The molecule has 0 spiro atoms. The Morgan fingerprint density at radius 2 is 1.67 bits per heavy atom. The topological polar surface area (TPSA) is 140 Å². The number of carbonyl (C=O) groups is 1. The molecule has 1 aliphatic heterocycles. The van der Waals surface area contributed by atoms with Crippen molar-refractivity contribution in [2.45, 2.75) is 116 Å². The molecule has 3 aromatic rings. The number of hydrogen-bond acceptors (Lipinski definition) is 9. The van der Waals surface area contributed by atoms with Crippen molar-refractivity contribution in [3.63, 3.8) is 0 Å². The van der Waals surface area contributed by atoms with Gasteiger partial charge in [0.1, 0.15) is 29.6 Å². The average Bonchev–Trinajstić information content (AvgIpc) is 3.64. The molecular formula is C36H52FN5O7Si2. The Morgan fingerprint density at radius 1 is 1.04 bits per heavy atom. The van der Waals surface area contributed by atoms with Crippen molar-refractivity contribution in [3.8, 4) is 0 Å². The van der Waals surface area contributed by atoms with Crippen LogP contribution in [0.3, 0.4) is 0 Å². The Kier molecular flexibility index (Phi) is 11.8. The largest absolute Gasteiger partial charge is 0.505 e. The smallest absolute Gasteiger partial charge is 0.337 e. The van der Waals surface area contributed by atoms with Crippen molar-refractivity contribution < 1.29 is 27.9 Å². The molecule has 1 N–H and O–H groups in total. The molecule has 0 amide bonds. The minimum absolute atomic E-state index is 0.0101. The summed E-state index contributed by atoms with van der Waals surface area (Å²) < 4.78 is 36.8. The molecule has 3 atom stereocenters. The van der Waals surface area contributed by atoms with Crippen molar-refractivity contribution >= 4 is 34.4 Å². The summed E-state index contributed by atoms with van der Waals surface area (Å²) in [5.74, 6) is -1.51. The fourth-order valence-corrected chi connectivity index (χ4v) is 7.31. The van der Waals surface area contributed by atoms with Gasteiger partial charge in [-0.25, -0.2) is 18.4 Å². The highest BCUT2D eigenvalue weighted by Crippen LogP contribution is 2.42. The number of benzene rings is 1. The fraction of sp³-hybridized carbons (Fsp3) is 0.528. The molecule has 2 aromatic heterocycles. The zero-order valence-electron chi connectivity index (χ0n) is 31.6. The maximum Gasteiger partial charge on any atom is 0.337 e. The van der Waals surface area contributed by atoms with Crippen LogP contribution < -0.4 is 11.2 Å². The van der Waals surface area contributed by atoms with Crippen LogP contribution in [0.4, 0.5) is 4.39 Å². The summed E-state index contributed by atoms with van der Waals surface area (Å²) >= 11 is 0. The number of allylic oxidation sites excluding steroid dienone is 2. The third-order valence-corrected chi connectivity index (χ3v) is 19.2. The molecule has 12 nitrogen and oxygen atoms in total. The number of nitrogens with zero attached hydrogens (tertiary/aromatic N) is 5. The van der Waals surface area contributed by atoms with E-state index in [0.717, 1.165) is 28.5 Å². The predicted octanol–water partition coefficient (Wildman–Crippen LogP) is 6.44. The van der Waals surface area contributed by atoms with Crippen LogP contribution in [-0.2, 0) is 24.9 Å². The second-order valence-electron chi connectivity index (χ2n) is 16.2. The molecule has 0 aliphatic carbocycles. The zero-order chi connectivity index (χ0) is 38.1. The predicted molar refractivity (Wildman–Crippen MR) is 200 cm³/mol. The maximum absolute atomic E-state index is 13.8. The van der Waals surface area contributed by atoms with E-state index in [1.807, 2.05) is 0 Å². The first-order valence-corrected chi connectivity index (χ1v) is 22.9. The Morgan fingerprint density at radius 3 is 2.27 bits per heavy atom. The lowest BCUT2D eigenvalue weighted by Crippen LogP contribution is -2.48. The van der Waals surface area contributed by atoms with E-state index in [4.69, 9.17) is 13.6 Å². The van der Waals surface area contributed by atoms with Gasteiger partial charge in [-0.2, -0.15) is 0 Å². The summed E-state index contributed by atoms with van der Waals surface area (Å²) in [6.45, 7) is 23.9. The summed E-state index contributed by atoms with van der Waals surface area (Å²) in [5, 5.41) is 18.3. The van der Waals surface area contributed by atoms with Crippen molar-refractivity contribution in [2.75, 3.05) is 6.61 Å². The SMILES string of the molecule is Cc1cn([C@H]2C[C@H](O[Si](C)(C)C(C)(C)C)[C@@H](CO[Si](C)(C)C(C)(C)C)O2)c(=O)n(/C=C/C(=O)/C=C(\O)c2cn(Cc3ccc(F)cc3)nn2)c1=O. The number of aliphatic hydroxyl groups is 1. The van der Waals surface area contributed by atoms with Crippen LogP contribution in [0.15, 0.2) is 58.4 Å². The van der Waals surface area contributed by atoms with E-state index in [1.54, 1.807) is 19.1 Å². The van der Waals surface area contributed by atoms with E-state index in [0.29, 0.717) is 13.0 Å². The summed E-state index contributed by atoms with van der Waals surface area (Å²) in [5.41, 5.74) is -0.208. The molecule has 15 heteroatoms. The normalized spacial score (nSPS) is 19.3. The summed E-state index contributed by atoms with van der Waals surface area (Å²) in [4.78, 5) is 39.7. The van der Waals surface area contributed by atoms with Gasteiger partial charge in [0.05, 0.1) is 25.5 Å². The lowest BCUT2D eigenvalue weighted by molar-refractivity contribution is -0.110. The number of hydrogen-bond donors (Lipinski definition) is 1. The van der Waals surface area contributed by atoms with Gasteiger partial charge < -0.3 is 18.7 Å². The van der Waals surface area contributed by atoms with E-state index in [1.165, 1.54) is 33.8 Å². The van der Waals surface area contributed by atoms with Crippen LogP contribution in [0, 0.1) is 12.7 Å². The van der Waals surface area contributed by atoms with E-state index in [-0.39, 0.29) is 39.8 Å². The second kappa shape index (κ2) is 15.1. The third-order valence-electron chi connectivity index (χ3n) is 10.2. The first-order valence-electron chi connectivity index (χ1n) is 17.1. The minimum Gasteiger partial charge on any atom is -0.505 e. The fourth-order valence-electron chi connectivity index (χ4n) is 4.94. The Balaban J connectivity index is 1.56. The number of ether oxygens (including phenoxy) is 1. The number of ketones is 1. The molecule has 3 heterocycles. The van der Waals surface area contributed by atoms with Gasteiger partial charge >= 0.3 is 5.69 Å². The van der Waals surface area contributed by atoms with Crippen molar-refractivity contribution in [1.29, 1.82) is 0 Å². The van der Waals surface area contributed by atoms with E-state index in [2.05, 4.69) is 78.0 Å². The number of halogens is 1. The number of carbonyl (C=O) groups excluding carboxylic acids is 1. The quantitative estimate of drug-likeness (QED) is 0.126. The van der Waals surface area contributed by atoms with Crippen LogP contribution in [0.5, 0.6) is 0 Å². The number of aliphatic hydroxyl groups excluding tert-OH is 1. The lowest BCUT2D eigenvalue weighted by atomic mass is 10.2. The Hall–Kier alpha value is -3.77. The van der Waals surface area contributed by atoms with Gasteiger partial charge in [0, 0.05) is 36.5 Å². The van der Waals surface area contributed by atoms with Gasteiger partial charge in [-0.15, -0.1) is 5.10 Å². The second-order valence-corrected chi connectivity index (χ2v) is 25.8. The molecule has 1 fully saturated rings. The van der Waals surface area contributed by atoms with Gasteiger partial charge in [-0.05, 0) is 60.9 Å². The molecule has 1 saturated heterocycles. The summed E-state index contributed by atoms with van der Waals surface area (Å²) in [6.07, 6.45) is 4.78. The molecule has 4 rings (SSSR count). The van der Waals surface area contributed by atoms with Crippen LogP contribution >= 0.6 is 0 Å². The van der Waals surface area contributed by atoms with E-state index < -0.39 is 51.8 Å². The number of aryl methyl sites for hydroxylation is 1. The van der Waals surface area contributed by atoms with Crippen LogP contribution in [-0.4, -0.2) is 70.5 Å². The molecule has 0 radical (unpaired) electrons. The average molecular weight is 742 g/mol. The molecule has 0 unspecified atom stereocenters. The van der Waals surface area contributed by atoms with Gasteiger partial charge in [0.25, 0.3) is 5.56 Å². The van der Waals surface area contributed by atoms with Crippen LogP contribution in [0.1, 0.15) is 71.0 Å². The molecule has 0 saturated carbocycles. The highest BCUT2D eigenvalue weighted by Gasteiger charge is 2.47. The number of aromatic nitrogens is 5. The Labute approximate surface area is 300 Å². The van der Waals surface area contributed by atoms with Gasteiger partial charge in [0.2, 0.25) is 0 Å². The first kappa shape index (κ1) is 40.0. The highest BCUT2D eigenvalue weighted by molar-refractivity contribution is 6.74. The first-order chi connectivity index (χ1) is 23.5. The monoisotopic (exact) mass is 741 g/mol. The van der Waals surface area contributed by atoms with Crippen LogP contribution in [0.2, 0.25) is 36.3 Å². The van der Waals surface area contributed by atoms with E-state index in [9.17, 15) is 23.9 Å². The zero-order valence-corrected chi connectivity index (χ0v) is 33.6. The molecule has 278 valence electrons. The molecule has 51 heavy (non-hydrogen) atoms. The third kappa shape index (κ3) is 9.57. The van der Waals surface area contributed by atoms with Crippen molar-refractivity contribution in [2.24, 2.45) is 0 Å². The molecule has 0 bridgehead atoms. The van der Waals surface area contributed by atoms with Crippen LogP contribution in [0.25, 0.3) is 12.0 Å². The highest BCUT2D eigenvalue weighted by atomic mass is 28.4.